The molecule has 1 unspecified atom stereocenters. The highest BCUT2D eigenvalue weighted by Gasteiger charge is 2.29. The number of amides is 1. The molecule has 1 aromatic rings. The average Bonchev–Trinajstić information content (AvgIpc) is 3.01. The zero-order valence-electron chi connectivity index (χ0n) is 24.1. The van der Waals surface area contributed by atoms with E-state index in [1.165, 1.54) is 16.7 Å². The van der Waals surface area contributed by atoms with Crippen molar-refractivity contribution in [2.24, 2.45) is 17.8 Å². The van der Waals surface area contributed by atoms with Crippen molar-refractivity contribution in [1.82, 2.24) is 14.9 Å². The van der Waals surface area contributed by atoms with Gasteiger partial charge in [-0.3, -0.25) is 4.79 Å². The van der Waals surface area contributed by atoms with Crippen LogP contribution in [0.25, 0.3) is 0 Å². The molecule has 4 rings (SSSR count). The van der Waals surface area contributed by atoms with Crippen LogP contribution in [0.1, 0.15) is 77.7 Å². The lowest BCUT2D eigenvalue weighted by Crippen LogP contribution is -2.42. The van der Waals surface area contributed by atoms with Crippen molar-refractivity contribution in [3.63, 3.8) is 0 Å². The Hall–Kier alpha value is -3.14. The molecule has 7 heteroatoms. The third kappa shape index (κ3) is 7.94. The zero-order chi connectivity index (χ0) is 27.6. The van der Waals surface area contributed by atoms with Crippen LogP contribution < -0.4 is 4.90 Å². The van der Waals surface area contributed by atoms with Crippen LogP contribution in [0.15, 0.2) is 47.5 Å². The number of rotatable bonds is 9. The first-order chi connectivity index (χ1) is 19.0. The first-order valence-corrected chi connectivity index (χ1v) is 14.9. The largest absolute Gasteiger partial charge is 0.498 e. The maximum atomic E-state index is 13.0. The first-order valence-electron chi connectivity index (χ1n) is 14.9. The van der Waals surface area contributed by atoms with Crippen LogP contribution in [0.5, 0.6) is 0 Å². The average molecular weight is 532 g/mol. The standard InChI is InChI=1S/C32H45N5O2/c1-4-25-21-34-32(35-22-25)37-18-14-27(15-19-37)23-39-30(5-2)11-6-24(3)28-7-9-29(10-8-28)31(38)36-16-12-26(20-33)13-17-36/h6-7,11,21-22,26-27,29H,4-5,8-10,12-19,23H2,1-3H3. The van der Waals surface area contributed by atoms with Gasteiger partial charge in [0.05, 0.1) is 18.4 Å². The molecular weight excluding hydrogens is 486 g/mol. The van der Waals surface area contributed by atoms with Crippen molar-refractivity contribution in [3.05, 3.63) is 53.1 Å². The lowest BCUT2D eigenvalue weighted by atomic mass is 9.85. The summed E-state index contributed by atoms with van der Waals surface area (Å²) in [7, 11) is 0. The number of hydrogen-bond donors (Lipinski definition) is 0. The summed E-state index contributed by atoms with van der Waals surface area (Å²) in [5.41, 5.74) is 3.77. The van der Waals surface area contributed by atoms with Crippen molar-refractivity contribution in [1.29, 1.82) is 5.26 Å². The molecule has 3 aliphatic rings. The molecule has 0 radical (unpaired) electrons. The number of ether oxygens (including phenoxy) is 1. The van der Waals surface area contributed by atoms with E-state index >= 15 is 0 Å². The summed E-state index contributed by atoms with van der Waals surface area (Å²) in [5.74, 6) is 2.89. The lowest BCUT2D eigenvalue weighted by Gasteiger charge is -2.33. The minimum Gasteiger partial charge on any atom is -0.498 e. The van der Waals surface area contributed by atoms with Gasteiger partial charge in [-0.1, -0.05) is 26.0 Å². The molecule has 0 bridgehead atoms. The Kier molecular flexibility index (Phi) is 10.6. The molecule has 1 atom stereocenters. The summed E-state index contributed by atoms with van der Waals surface area (Å²) in [6, 6.07) is 2.35. The van der Waals surface area contributed by atoms with Crippen LogP contribution >= 0.6 is 0 Å². The fourth-order valence-electron chi connectivity index (χ4n) is 5.72. The van der Waals surface area contributed by atoms with E-state index in [0.29, 0.717) is 5.92 Å². The highest BCUT2D eigenvalue weighted by atomic mass is 16.5. The smallest absolute Gasteiger partial charge is 0.226 e. The molecule has 1 amide bonds. The molecule has 0 aromatic carbocycles. The van der Waals surface area contributed by atoms with Crippen LogP contribution in [0.4, 0.5) is 5.95 Å². The molecule has 2 aliphatic heterocycles. The van der Waals surface area contributed by atoms with E-state index in [1.807, 2.05) is 17.3 Å². The van der Waals surface area contributed by atoms with E-state index in [9.17, 15) is 4.79 Å². The summed E-state index contributed by atoms with van der Waals surface area (Å²) >= 11 is 0. The normalized spacial score (nSPS) is 21.9. The Bertz CT molecular complexity index is 1080. The molecule has 7 nitrogen and oxygen atoms in total. The number of allylic oxidation sites excluding steroid dienone is 6. The molecule has 210 valence electrons. The third-order valence-corrected chi connectivity index (χ3v) is 8.63. The van der Waals surface area contributed by atoms with Gasteiger partial charge in [0, 0.05) is 56.8 Å². The highest BCUT2D eigenvalue weighted by molar-refractivity contribution is 5.79. The summed E-state index contributed by atoms with van der Waals surface area (Å²) in [5, 5.41) is 9.10. The van der Waals surface area contributed by atoms with Crippen molar-refractivity contribution in [3.8, 4) is 6.07 Å². The number of aryl methyl sites for hydroxylation is 1. The van der Waals surface area contributed by atoms with Gasteiger partial charge in [0.2, 0.25) is 11.9 Å². The number of carbonyl (C=O) groups is 1. The maximum Gasteiger partial charge on any atom is 0.226 e. The van der Waals surface area contributed by atoms with Crippen LogP contribution in [0, 0.1) is 29.1 Å². The third-order valence-electron chi connectivity index (χ3n) is 8.63. The predicted molar refractivity (Wildman–Crippen MR) is 155 cm³/mol. The van der Waals surface area contributed by atoms with Crippen molar-refractivity contribution < 1.29 is 9.53 Å². The van der Waals surface area contributed by atoms with Gasteiger partial charge in [0.1, 0.15) is 0 Å². The summed E-state index contributed by atoms with van der Waals surface area (Å²) in [6.45, 7) is 10.6. The van der Waals surface area contributed by atoms with Gasteiger partial charge in [-0.25, -0.2) is 9.97 Å². The second-order valence-electron chi connectivity index (χ2n) is 11.3. The SMILES string of the molecule is CCC(=CC=C(C)C1=CCC(C(=O)N2CCC(C#N)CC2)CC1)OCC1CCN(c2ncc(CC)cn2)CC1. The Morgan fingerprint density at radius 3 is 2.38 bits per heavy atom. The number of piperidine rings is 2. The van der Waals surface area contributed by atoms with Gasteiger partial charge in [-0.15, -0.1) is 0 Å². The molecule has 2 fully saturated rings. The minimum atomic E-state index is 0.0824. The number of nitrogens with zero attached hydrogens (tertiary/aromatic N) is 5. The molecule has 39 heavy (non-hydrogen) atoms. The van der Waals surface area contributed by atoms with Crippen molar-refractivity contribution in [2.45, 2.75) is 78.6 Å². The van der Waals surface area contributed by atoms with Crippen LogP contribution in [-0.4, -0.2) is 53.6 Å². The minimum absolute atomic E-state index is 0.0824. The molecule has 0 saturated carbocycles. The summed E-state index contributed by atoms with van der Waals surface area (Å²) in [4.78, 5) is 26.3. The highest BCUT2D eigenvalue weighted by Crippen LogP contribution is 2.30. The molecule has 2 saturated heterocycles. The van der Waals surface area contributed by atoms with Gasteiger partial charge in [-0.2, -0.15) is 5.26 Å². The van der Waals surface area contributed by atoms with Crippen LogP contribution in [0.3, 0.4) is 0 Å². The molecule has 1 aromatic heterocycles. The van der Waals surface area contributed by atoms with E-state index in [0.717, 1.165) is 102 Å². The molecule has 0 spiro atoms. The predicted octanol–water partition coefficient (Wildman–Crippen LogP) is 6.00. The van der Waals surface area contributed by atoms with Gasteiger partial charge in [-0.05, 0) is 87.0 Å². The van der Waals surface area contributed by atoms with E-state index in [1.54, 1.807) is 0 Å². The second kappa shape index (κ2) is 14.3. The summed E-state index contributed by atoms with van der Waals surface area (Å²) < 4.78 is 6.25. The van der Waals surface area contributed by atoms with Crippen LogP contribution in [-0.2, 0) is 16.0 Å². The maximum absolute atomic E-state index is 13.0. The number of hydrogen-bond acceptors (Lipinski definition) is 6. The number of aromatic nitrogens is 2. The second-order valence-corrected chi connectivity index (χ2v) is 11.3. The Morgan fingerprint density at radius 1 is 1.08 bits per heavy atom. The fourth-order valence-corrected chi connectivity index (χ4v) is 5.72. The number of likely N-dealkylation sites (tertiary alicyclic amines) is 1. The quantitative estimate of drug-likeness (QED) is 0.287. The van der Waals surface area contributed by atoms with Gasteiger partial charge < -0.3 is 14.5 Å². The summed E-state index contributed by atoms with van der Waals surface area (Å²) in [6.07, 6.45) is 18.7. The van der Waals surface area contributed by atoms with Gasteiger partial charge >= 0.3 is 0 Å². The number of anilines is 1. The molecule has 0 N–H and O–H groups in total. The van der Waals surface area contributed by atoms with Crippen molar-refractivity contribution in [2.75, 3.05) is 37.7 Å². The van der Waals surface area contributed by atoms with Crippen LogP contribution in [0.2, 0.25) is 0 Å². The van der Waals surface area contributed by atoms with Gasteiger partial charge in [0.25, 0.3) is 0 Å². The zero-order valence-corrected chi connectivity index (χ0v) is 24.1. The molecule has 3 heterocycles. The van der Waals surface area contributed by atoms with E-state index in [4.69, 9.17) is 10.00 Å². The monoisotopic (exact) mass is 531 g/mol. The van der Waals surface area contributed by atoms with Gasteiger partial charge in [0.15, 0.2) is 0 Å². The Labute approximate surface area is 234 Å². The Balaban J connectivity index is 1.21. The Morgan fingerprint density at radius 2 is 1.79 bits per heavy atom. The molecule has 1 aliphatic carbocycles. The number of nitriles is 1. The fraction of sp³-hybridized carbons (Fsp3) is 0.625. The lowest BCUT2D eigenvalue weighted by molar-refractivity contribution is -0.137. The molecular formula is C32H45N5O2. The topological polar surface area (TPSA) is 82.4 Å². The van der Waals surface area contributed by atoms with E-state index < -0.39 is 0 Å². The van der Waals surface area contributed by atoms with E-state index in [2.05, 4.69) is 59.9 Å². The van der Waals surface area contributed by atoms with Crippen molar-refractivity contribution >= 4 is 11.9 Å². The van der Waals surface area contributed by atoms with E-state index in [-0.39, 0.29) is 17.7 Å². The first kappa shape index (κ1) is 28.9. The number of carbonyl (C=O) groups excluding carboxylic acids is 1.